The van der Waals surface area contributed by atoms with Crippen molar-refractivity contribution < 1.29 is 19.8 Å². The third-order valence-electron chi connectivity index (χ3n) is 3.22. The molecule has 0 bridgehead atoms. The Balaban J connectivity index is 3.14. The van der Waals surface area contributed by atoms with Gasteiger partial charge in [0.25, 0.3) is 11.8 Å². The fraction of sp³-hybridized carbons (Fsp3) is 0.500. The first-order chi connectivity index (χ1) is 10.6. The summed E-state index contributed by atoms with van der Waals surface area (Å²) in [6.07, 6.45) is 1.51. The Morgan fingerprint density at radius 2 is 1.32 bits per heavy atom. The summed E-state index contributed by atoms with van der Waals surface area (Å²) in [7, 11) is 0. The normalized spacial score (nSPS) is 10.4. The summed E-state index contributed by atoms with van der Waals surface area (Å²) in [5, 5.41) is 18.2. The Hall–Kier alpha value is -1.92. The highest BCUT2D eigenvalue weighted by atomic mass is 16.3. The Labute approximate surface area is 131 Å². The van der Waals surface area contributed by atoms with Crippen LogP contribution in [0, 0.1) is 0 Å². The molecule has 0 fully saturated rings. The molecule has 22 heavy (non-hydrogen) atoms. The van der Waals surface area contributed by atoms with Crippen LogP contribution in [0.4, 0.5) is 11.4 Å². The van der Waals surface area contributed by atoms with Crippen LogP contribution in [0.15, 0.2) is 24.3 Å². The molecule has 0 aromatic heterocycles. The molecule has 0 aliphatic rings. The van der Waals surface area contributed by atoms with Crippen LogP contribution in [0.1, 0.15) is 26.7 Å². The van der Waals surface area contributed by atoms with Crippen LogP contribution in [0.2, 0.25) is 0 Å². The summed E-state index contributed by atoms with van der Waals surface area (Å²) in [6.45, 7) is 3.76. The zero-order valence-corrected chi connectivity index (χ0v) is 13.2. The number of aliphatic hydroxyl groups is 2. The summed E-state index contributed by atoms with van der Waals surface area (Å²) >= 11 is 0. The van der Waals surface area contributed by atoms with E-state index in [1.165, 1.54) is 9.80 Å². The summed E-state index contributed by atoms with van der Waals surface area (Å²) in [5.74, 6) is -0.760. The van der Waals surface area contributed by atoms with Gasteiger partial charge in [0, 0.05) is 24.5 Å². The van der Waals surface area contributed by atoms with Crippen molar-refractivity contribution >= 4 is 23.2 Å². The van der Waals surface area contributed by atoms with E-state index in [0.717, 1.165) is 12.8 Å². The van der Waals surface area contributed by atoms with Gasteiger partial charge in [-0.15, -0.1) is 0 Å². The van der Waals surface area contributed by atoms with Gasteiger partial charge in [0.05, 0.1) is 0 Å². The Bertz CT molecular complexity index is 463. The van der Waals surface area contributed by atoms with E-state index in [9.17, 15) is 9.59 Å². The van der Waals surface area contributed by atoms with Gasteiger partial charge in [-0.05, 0) is 31.0 Å². The molecular formula is C16H24N2O4. The van der Waals surface area contributed by atoms with Crippen molar-refractivity contribution in [1.82, 2.24) is 0 Å². The highest BCUT2D eigenvalue weighted by molar-refractivity contribution is 5.97. The fourth-order valence-electron chi connectivity index (χ4n) is 2.24. The maximum Gasteiger partial charge on any atom is 0.252 e. The predicted octanol–water partition coefficient (Wildman–Crippen LogP) is 1.16. The largest absolute Gasteiger partial charge is 0.387 e. The summed E-state index contributed by atoms with van der Waals surface area (Å²) in [6, 6.07) is 7.01. The van der Waals surface area contributed by atoms with Crippen molar-refractivity contribution in [1.29, 1.82) is 0 Å². The van der Waals surface area contributed by atoms with Crippen LogP contribution in [0.25, 0.3) is 0 Å². The number of anilines is 2. The Kier molecular flexibility index (Phi) is 7.56. The molecule has 0 spiro atoms. The third-order valence-corrected chi connectivity index (χ3v) is 3.22. The summed E-state index contributed by atoms with van der Waals surface area (Å²) in [4.78, 5) is 26.7. The standard InChI is InChI=1S/C16H24N2O4/c1-3-8-17(15(21)11-19)13-6-5-7-14(10-13)18(9-4-2)16(22)12-20/h5-7,10,19-20H,3-4,8-9,11-12H2,1-2H3. The molecule has 0 radical (unpaired) electrons. The topological polar surface area (TPSA) is 81.1 Å². The van der Waals surface area contributed by atoms with Crippen molar-refractivity contribution in [3.05, 3.63) is 24.3 Å². The first-order valence-corrected chi connectivity index (χ1v) is 7.51. The molecule has 2 N–H and O–H groups in total. The van der Waals surface area contributed by atoms with Crippen LogP contribution in [-0.2, 0) is 9.59 Å². The molecule has 1 aromatic rings. The average Bonchev–Trinajstić information content (AvgIpc) is 2.56. The van der Waals surface area contributed by atoms with Gasteiger partial charge < -0.3 is 20.0 Å². The van der Waals surface area contributed by atoms with Gasteiger partial charge in [0.2, 0.25) is 0 Å². The molecule has 0 heterocycles. The van der Waals surface area contributed by atoms with Crippen LogP contribution in [0.5, 0.6) is 0 Å². The summed E-state index contributed by atoms with van der Waals surface area (Å²) in [5.41, 5.74) is 1.26. The molecular weight excluding hydrogens is 284 g/mol. The zero-order chi connectivity index (χ0) is 16.5. The number of carbonyl (C=O) groups excluding carboxylic acids is 2. The first kappa shape index (κ1) is 18.1. The van der Waals surface area contributed by atoms with Crippen molar-refractivity contribution in [2.75, 3.05) is 36.1 Å². The molecule has 0 saturated heterocycles. The number of hydrogen-bond donors (Lipinski definition) is 2. The number of carbonyl (C=O) groups is 2. The van der Waals surface area contributed by atoms with E-state index >= 15 is 0 Å². The number of amides is 2. The number of aliphatic hydroxyl groups excluding tert-OH is 2. The SMILES string of the molecule is CCCN(C(=O)CO)c1cccc(N(CCC)C(=O)CO)c1. The molecule has 0 saturated carbocycles. The van der Waals surface area contributed by atoms with Crippen molar-refractivity contribution in [2.45, 2.75) is 26.7 Å². The lowest BCUT2D eigenvalue weighted by atomic mass is 10.2. The molecule has 1 rings (SSSR count). The fourth-order valence-corrected chi connectivity index (χ4v) is 2.24. The second-order valence-corrected chi connectivity index (χ2v) is 4.93. The van der Waals surface area contributed by atoms with Crippen LogP contribution in [-0.4, -0.2) is 48.3 Å². The van der Waals surface area contributed by atoms with Gasteiger partial charge in [0.1, 0.15) is 13.2 Å². The highest BCUT2D eigenvalue weighted by Gasteiger charge is 2.18. The van der Waals surface area contributed by atoms with E-state index in [-0.39, 0.29) is 11.8 Å². The number of hydrogen-bond acceptors (Lipinski definition) is 4. The molecule has 0 aliphatic carbocycles. The quantitative estimate of drug-likeness (QED) is 0.755. The van der Waals surface area contributed by atoms with Gasteiger partial charge >= 0.3 is 0 Å². The molecule has 2 amide bonds. The Morgan fingerprint density at radius 1 is 0.909 bits per heavy atom. The van der Waals surface area contributed by atoms with Crippen molar-refractivity contribution in [2.24, 2.45) is 0 Å². The van der Waals surface area contributed by atoms with E-state index < -0.39 is 13.2 Å². The van der Waals surface area contributed by atoms with Crippen molar-refractivity contribution in [3.8, 4) is 0 Å². The summed E-state index contributed by atoms with van der Waals surface area (Å²) < 4.78 is 0. The van der Waals surface area contributed by atoms with Crippen LogP contribution in [0.3, 0.4) is 0 Å². The second kappa shape index (κ2) is 9.17. The van der Waals surface area contributed by atoms with E-state index in [1.54, 1.807) is 24.3 Å². The lowest BCUT2D eigenvalue weighted by molar-refractivity contribution is -0.121. The lowest BCUT2D eigenvalue weighted by Gasteiger charge is -2.25. The van der Waals surface area contributed by atoms with E-state index in [2.05, 4.69) is 0 Å². The van der Waals surface area contributed by atoms with Gasteiger partial charge in [-0.3, -0.25) is 9.59 Å². The smallest absolute Gasteiger partial charge is 0.252 e. The van der Waals surface area contributed by atoms with E-state index in [1.807, 2.05) is 13.8 Å². The van der Waals surface area contributed by atoms with E-state index in [4.69, 9.17) is 10.2 Å². The zero-order valence-electron chi connectivity index (χ0n) is 13.2. The number of rotatable bonds is 8. The maximum absolute atomic E-state index is 11.9. The monoisotopic (exact) mass is 308 g/mol. The lowest BCUT2D eigenvalue weighted by Crippen LogP contribution is -2.35. The predicted molar refractivity (Wildman–Crippen MR) is 85.9 cm³/mol. The van der Waals surface area contributed by atoms with Crippen LogP contribution >= 0.6 is 0 Å². The third kappa shape index (κ3) is 4.54. The second-order valence-electron chi connectivity index (χ2n) is 4.93. The van der Waals surface area contributed by atoms with Crippen molar-refractivity contribution in [3.63, 3.8) is 0 Å². The van der Waals surface area contributed by atoms with Gasteiger partial charge in [-0.1, -0.05) is 19.9 Å². The van der Waals surface area contributed by atoms with E-state index in [0.29, 0.717) is 24.5 Å². The minimum atomic E-state index is -0.557. The number of nitrogens with zero attached hydrogens (tertiary/aromatic N) is 2. The van der Waals surface area contributed by atoms with Gasteiger partial charge in [0.15, 0.2) is 0 Å². The average molecular weight is 308 g/mol. The van der Waals surface area contributed by atoms with Gasteiger partial charge in [-0.2, -0.15) is 0 Å². The van der Waals surface area contributed by atoms with Crippen LogP contribution < -0.4 is 9.80 Å². The molecule has 6 nitrogen and oxygen atoms in total. The molecule has 0 unspecified atom stereocenters. The molecule has 1 aromatic carbocycles. The van der Waals surface area contributed by atoms with Gasteiger partial charge in [-0.25, -0.2) is 0 Å². The minimum absolute atomic E-state index is 0.380. The Morgan fingerprint density at radius 3 is 1.64 bits per heavy atom. The highest BCUT2D eigenvalue weighted by Crippen LogP contribution is 2.23. The molecule has 0 aliphatic heterocycles. The molecule has 6 heteroatoms. The molecule has 122 valence electrons. The maximum atomic E-state index is 11.9. The number of benzene rings is 1. The molecule has 0 atom stereocenters. The first-order valence-electron chi connectivity index (χ1n) is 7.51. The minimum Gasteiger partial charge on any atom is -0.387 e.